The summed E-state index contributed by atoms with van der Waals surface area (Å²) in [5.74, 6) is -1.33. The van der Waals surface area contributed by atoms with Crippen LogP contribution in [0.4, 0.5) is 0 Å². The summed E-state index contributed by atoms with van der Waals surface area (Å²) in [4.78, 5) is 56.2. The molecule has 0 unspecified atom stereocenters. The minimum absolute atomic E-state index is 0.154. The maximum absolute atomic E-state index is 13.1. The highest BCUT2D eigenvalue weighted by Gasteiger charge is 2.28. The summed E-state index contributed by atoms with van der Waals surface area (Å²) in [5, 5.41) is 11.0. The van der Waals surface area contributed by atoms with E-state index in [2.05, 4.69) is 26.3 Å². The summed E-state index contributed by atoms with van der Waals surface area (Å²) in [7, 11) is 0. The topological polar surface area (TPSA) is 139 Å². The number of ether oxygens (including phenoxy) is 1. The molecule has 2 aromatic rings. The molecule has 10 heteroatoms. The van der Waals surface area contributed by atoms with Gasteiger partial charge in [-0.1, -0.05) is 32.0 Å². The van der Waals surface area contributed by atoms with Gasteiger partial charge in [-0.3, -0.25) is 24.2 Å². The van der Waals surface area contributed by atoms with E-state index in [0.717, 1.165) is 5.69 Å². The van der Waals surface area contributed by atoms with Crippen LogP contribution in [0.2, 0.25) is 0 Å². The van der Waals surface area contributed by atoms with Gasteiger partial charge >= 0.3 is 0 Å². The number of aromatic nitrogens is 1. The number of nitrogens with one attached hydrogen (secondary N) is 4. The zero-order chi connectivity index (χ0) is 26.6. The van der Waals surface area contributed by atoms with Crippen molar-refractivity contribution in [2.75, 3.05) is 19.7 Å². The van der Waals surface area contributed by atoms with Gasteiger partial charge in [-0.05, 0) is 43.0 Å². The van der Waals surface area contributed by atoms with E-state index in [9.17, 15) is 19.2 Å². The molecule has 0 saturated carbocycles. The molecule has 1 aromatic heterocycles. The standard InChI is InChI=1S/C27H35N5O5/c1-18(2)16-21-26(35)29-13-7-15-37-23-10-4-3-9-20(23)25(34)32-22(17-24(33)31-21)27(36)30-14-11-19-8-5-6-12-28-19/h3-6,8-10,12,18,21-22H,7,11,13-17H2,1-2H3,(H,29,35)(H,30,36)(H,31,33)(H,32,34)/t21-,22+/m1/s1. The highest BCUT2D eigenvalue weighted by atomic mass is 16.5. The molecule has 2 heterocycles. The molecular formula is C27H35N5O5. The third-order valence-corrected chi connectivity index (χ3v) is 5.79. The van der Waals surface area contributed by atoms with Gasteiger partial charge in [0, 0.05) is 31.4 Å². The Morgan fingerprint density at radius 3 is 2.65 bits per heavy atom. The van der Waals surface area contributed by atoms with Crippen molar-refractivity contribution in [1.82, 2.24) is 26.3 Å². The van der Waals surface area contributed by atoms with Gasteiger partial charge in [0.05, 0.1) is 18.6 Å². The lowest BCUT2D eigenvalue weighted by Gasteiger charge is -2.22. The van der Waals surface area contributed by atoms with Crippen molar-refractivity contribution in [3.63, 3.8) is 0 Å². The van der Waals surface area contributed by atoms with E-state index in [4.69, 9.17) is 4.74 Å². The highest BCUT2D eigenvalue weighted by molar-refractivity contribution is 6.01. The summed E-state index contributed by atoms with van der Waals surface area (Å²) in [6.07, 6.45) is 2.79. The third-order valence-electron chi connectivity index (χ3n) is 5.79. The van der Waals surface area contributed by atoms with Crippen LogP contribution in [0.15, 0.2) is 48.7 Å². The number of hydrogen-bond acceptors (Lipinski definition) is 6. The molecular weight excluding hydrogens is 474 g/mol. The fourth-order valence-electron chi connectivity index (χ4n) is 3.94. The third kappa shape index (κ3) is 8.89. The van der Waals surface area contributed by atoms with Crippen LogP contribution in [0.3, 0.4) is 0 Å². The van der Waals surface area contributed by atoms with Crippen molar-refractivity contribution < 1.29 is 23.9 Å². The second kappa shape index (κ2) is 14.0. The molecule has 4 amide bonds. The van der Waals surface area contributed by atoms with Crippen LogP contribution in [-0.2, 0) is 20.8 Å². The fourth-order valence-corrected chi connectivity index (χ4v) is 3.94. The van der Waals surface area contributed by atoms with Crippen LogP contribution < -0.4 is 26.0 Å². The van der Waals surface area contributed by atoms with Gasteiger partial charge in [0.2, 0.25) is 17.7 Å². The van der Waals surface area contributed by atoms with Crippen molar-refractivity contribution in [2.45, 2.75) is 51.6 Å². The Labute approximate surface area is 217 Å². The Morgan fingerprint density at radius 2 is 1.89 bits per heavy atom. The number of rotatable bonds is 6. The van der Waals surface area contributed by atoms with Gasteiger partial charge in [0.25, 0.3) is 5.91 Å². The van der Waals surface area contributed by atoms with Gasteiger partial charge in [0.15, 0.2) is 0 Å². The molecule has 0 aliphatic carbocycles. The van der Waals surface area contributed by atoms with Gasteiger partial charge in [0.1, 0.15) is 17.8 Å². The first-order chi connectivity index (χ1) is 17.8. The molecule has 37 heavy (non-hydrogen) atoms. The molecule has 0 radical (unpaired) electrons. The van der Waals surface area contributed by atoms with Crippen molar-refractivity contribution in [3.8, 4) is 5.75 Å². The van der Waals surface area contributed by atoms with Crippen LogP contribution in [-0.4, -0.2) is 60.4 Å². The second-order valence-electron chi connectivity index (χ2n) is 9.33. The Balaban J connectivity index is 1.79. The van der Waals surface area contributed by atoms with Crippen LogP contribution in [0.1, 0.15) is 49.2 Å². The number of carbonyl (C=O) groups is 4. The Kier molecular flexibility index (Phi) is 10.4. The molecule has 0 fully saturated rings. The predicted octanol–water partition coefficient (Wildman–Crippen LogP) is 1.36. The van der Waals surface area contributed by atoms with Crippen LogP contribution in [0.5, 0.6) is 5.75 Å². The Hall–Kier alpha value is -3.95. The van der Waals surface area contributed by atoms with Crippen molar-refractivity contribution in [1.29, 1.82) is 0 Å². The molecule has 1 aliphatic heterocycles. The zero-order valence-electron chi connectivity index (χ0n) is 21.3. The summed E-state index contributed by atoms with van der Waals surface area (Å²) in [6.45, 7) is 4.83. The minimum Gasteiger partial charge on any atom is -0.493 e. The first-order valence-electron chi connectivity index (χ1n) is 12.6. The smallest absolute Gasteiger partial charge is 0.255 e. The second-order valence-corrected chi connectivity index (χ2v) is 9.33. The van der Waals surface area contributed by atoms with Crippen LogP contribution in [0, 0.1) is 5.92 Å². The first kappa shape index (κ1) is 27.6. The molecule has 1 aromatic carbocycles. The maximum atomic E-state index is 13.1. The van der Waals surface area contributed by atoms with E-state index in [-0.39, 0.29) is 37.0 Å². The number of para-hydroxylation sites is 1. The van der Waals surface area contributed by atoms with Gasteiger partial charge in [-0.25, -0.2) is 0 Å². The zero-order valence-corrected chi connectivity index (χ0v) is 21.3. The molecule has 3 rings (SSSR count). The average Bonchev–Trinajstić information content (AvgIpc) is 2.87. The van der Waals surface area contributed by atoms with E-state index in [1.807, 2.05) is 32.0 Å². The van der Waals surface area contributed by atoms with E-state index in [1.54, 1.807) is 30.5 Å². The number of pyridine rings is 1. The molecule has 10 nitrogen and oxygen atoms in total. The molecule has 0 bridgehead atoms. The normalized spacial score (nSPS) is 19.3. The Bertz CT molecular complexity index is 1080. The lowest BCUT2D eigenvalue weighted by atomic mass is 10.0. The fraction of sp³-hybridized carbons (Fsp3) is 0.444. The maximum Gasteiger partial charge on any atom is 0.255 e. The molecule has 2 atom stereocenters. The van der Waals surface area contributed by atoms with E-state index >= 15 is 0 Å². The van der Waals surface area contributed by atoms with Crippen molar-refractivity contribution >= 4 is 23.6 Å². The summed E-state index contributed by atoms with van der Waals surface area (Å²) in [6, 6.07) is 10.3. The molecule has 1 aliphatic rings. The number of benzene rings is 1. The lowest BCUT2D eigenvalue weighted by molar-refractivity contribution is -0.131. The summed E-state index contributed by atoms with van der Waals surface area (Å²) in [5.41, 5.74) is 1.06. The predicted molar refractivity (Wildman–Crippen MR) is 138 cm³/mol. The Morgan fingerprint density at radius 1 is 1.11 bits per heavy atom. The van der Waals surface area contributed by atoms with Gasteiger partial charge in [-0.2, -0.15) is 0 Å². The lowest BCUT2D eigenvalue weighted by Crippen LogP contribution is -2.52. The molecule has 0 saturated heterocycles. The molecule has 198 valence electrons. The van der Waals surface area contributed by atoms with Gasteiger partial charge < -0.3 is 26.0 Å². The quantitative estimate of drug-likeness (QED) is 0.464. The minimum atomic E-state index is -1.16. The van der Waals surface area contributed by atoms with E-state index in [0.29, 0.717) is 31.6 Å². The summed E-state index contributed by atoms with van der Waals surface area (Å²) < 4.78 is 5.79. The summed E-state index contributed by atoms with van der Waals surface area (Å²) >= 11 is 0. The average molecular weight is 510 g/mol. The SMILES string of the molecule is CC(C)C[C@H]1NC(=O)C[C@@H](C(=O)NCCc2ccccn2)NC(=O)c2ccccc2OCCCNC1=O. The van der Waals surface area contributed by atoms with Crippen LogP contribution >= 0.6 is 0 Å². The highest BCUT2D eigenvalue weighted by Crippen LogP contribution is 2.18. The molecule has 0 spiro atoms. The number of fused-ring (bicyclic) bond motifs is 1. The van der Waals surface area contributed by atoms with Gasteiger partial charge in [-0.15, -0.1) is 0 Å². The van der Waals surface area contributed by atoms with Crippen LogP contribution in [0.25, 0.3) is 0 Å². The monoisotopic (exact) mass is 509 g/mol. The number of hydrogen-bond donors (Lipinski definition) is 4. The van der Waals surface area contributed by atoms with Crippen molar-refractivity contribution in [3.05, 3.63) is 59.9 Å². The largest absolute Gasteiger partial charge is 0.493 e. The molecule has 4 N–H and O–H groups in total. The van der Waals surface area contributed by atoms with E-state index < -0.39 is 29.8 Å². The van der Waals surface area contributed by atoms with E-state index in [1.165, 1.54) is 0 Å². The first-order valence-corrected chi connectivity index (χ1v) is 12.6. The number of amides is 4. The van der Waals surface area contributed by atoms with Crippen molar-refractivity contribution in [2.24, 2.45) is 5.92 Å². The number of carbonyl (C=O) groups excluding carboxylic acids is 4. The number of nitrogens with zero attached hydrogens (tertiary/aromatic N) is 1.